The van der Waals surface area contributed by atoms with Crippen molar-refractivity contribution in [2.24, 2.45) is 0 Å². The van der Waals surface area contributed by atoms with Crippen molar-refractivity contribution in [3.05, 3.63) is 202 Å². The Morgan fingerprint density at radius 2 is 0.966 bits per heavy atom. The minimum absolute atomic E-state index is 0.723. The number of hydrogen-bond acceptors (Lipinski definition) is 6. The average molecular weight is 897 g/mol. The number of pyridine rings is 4. The Balaban J connectivity index is 0.000000152. The number of halogens is 2. The summed E-state index contributed by atoms with van der Waals surface area (Å²) in [5, 5.41) is 2.19. The lowest BCUT2D eigenvalue weighted by atomic mass is 10.1. The molecule has 6 heterocycles. The molecular weight excluding hydrogens is 860 g/mol. The van der Waals surface area contributed by atoms with E-state index in [-0.39, 0.29) is 0 Å². The van der Waals surface area contributed by atoms with Crippen molar-refractivity contribution in [1.29, 1.82) is 0 Å². The van der Waals surface area contributed by atoms with Gasteiger partial charge in [-0.25, -0.2) is 9.97 Å². The number of rotatable bonds is 8. The third-order valence-electron chi connectivity index (χ3n) is 9.89. The molecule has 8 nitrogen and oxygen atoms in total. The molecule has 0 aliphatic carbocycles. The van der Waals surface area contributed by atoms with Crippen LogP contribution in [0.4, 0.5) is 0 Å². The first-order valence-electron chi connectivity index (χ1n) is 19.1. The number of nitrogens with one attached hydrogen (secondary N) is 2. The van der Waals surface area contributed by atoms with Gasteiger partial charge < -0.3 is 9.97 Å². The number of aryl methyl sites for hydroxylation is 1. The molecule has 286 valence electrons. The van der Waals surface area contributed by atoms with Gasteiger partial charge >= 0.3 is 0 Å². The molecule has 59 heavy (non-hydrogen) atoms. The fourth-order valence-electron chi connectivity index (χ4n) is 7.03. The second-order valence-corrected chi connectivity index (χ2v) is 16.0. The van der Waals surface area contributed by atoms with E-state index in [1.165, 1.54) is 11.1 Å². The highest BCUT2D eigenvalue weighted by molar-refractivity contribution is 9.10. The quantitative estimate of drug-likeness (QED) is 0.157. The molecule has 0 saturated carbocycles. The normalized spacial score (nSPS) is 11.1. The molecule has 0 spiro atoms. The summed E-state index contributed by atoms with van der Waals surface area (Å²) in [6, 6.07) is 49.2. The van der Waals surface area contributed by atoms with Gasteiger partial charge in [0.15, 0.2) is 0 Å². The van der Waals surface area contributed by atoms with Gasteiger partial charge in [-0.3, -0.25) is 19.9 Å². The SMILES string of the molecule is Brc1ccc(Cc2nc(-c3ccc4ncccc4c3)c(-c3ccccn3)[nH]2)cc1.Cc1cccc(-c2[nH]c(Cc3ccc(Br)cc3)nc2-c2ccc3ncccc3c2)n1. The van der Waals surface area contributed by atoms with Crippen LogP contribution in [0.25, 0.3) is 67.1 Å². The summed E-state index contributed by atoms with van der Waals surface area (Å²) in [6.45, 7) is 2.00. The van der Waals surface area contributed by atoms with Crippen molar-refractivity contribution in [3.63, 3.8) is 0 Å². The van der Waals surface area contributed by atoms with Gasteiger partial charge in [-0.2, -0.15) is 0 Å². The van der Waals surface area contributed by atoms with Crippen LogP contribution in [-0.4, -0.2) is 39.9 Å². The molecule has 10 rings (SSSR count). The summed E-state index contributed by atoms with van der Waals surface area (Å²) in [6.07, 6.45) is 6.88. The number of benzene rings is 4. The van der Waals surface area contributed by atoms with Crippen molar-refractivity contribution >= 4 is 53.7 Å². The van der Waals surface area contributed by atoms with Gasteiger partial charge in [0, 0.05) is 68.0 Å². The zero-order valence-corrected chi connectivity index (χ0v) is 35.1. The van der Waals surface area contributed by atoms with Crippen LogP contribution in [-0.2, 0) is 12.8 Å². The summed E-state index contributed by atoms with van der Waals surface area (Å²) in [7, 11) is 0. The molecule has 0 atom stereocenters. The third-order valence-corrected chi connectivity index (χ3v) is 11.0. The van der Waals surface area contributed by atoms with Crippen molar-refractivity contribution in [2.75, 3.05) is 0 Å². The van der Waals surface area contributed by atoms with E-state index in [1.807, 2.05) is 80.0 Å². The van der Waals surface area contributed by atoms with Gasteiger partial charge in [-0.1, -0.05) is 92.5 Å². The Hall–Kier alpha value is -6.62. The smallest absolute Gasteiger partial charge is 0.111 e. The maximum atomic E-state index is 4.98. The Morgan fingerprint density at radius 1 is 0.458 bits per heavy atom. The van der Waals surface area contributed by atoms with Gasteiger partial charge in [-0.15, -0.1) is 0 Å². The predicted molar refractivity (Wildman–Crippen MR) is 244 cm³/mol. The number of H-pyrrole nitrogens is 2. The highest BCUT2D eigenvalue weighted by atomic mass is 79.9. The van der Waals surface area contributed by atoms with Crippen molar-refractivity contribution in [3.8, 4) is 45.3 Å². The van der Waals surface area contributed by atoms with E-state index in [1.54, 1.807) is 6.20 Å². The molecule has 0 radical (unpaired) electrons. The first-order valence-corrected chi connectivity index (χ1v) is 20.7. The largest absolute Gasteiger partial charge is 0.340 e. The molecule has 0 aliphatic heterocycles. The molecule has 10 heteroatoms. The Kier molecular flexibility index (Phi) is 11.0. The van der Waals surface area contributed by atoms with Crippen LogP contribution in [0.15, 0.2) is 173 Å². The number of nitrogens with zero attached hydrogens (tertiary/aromatic N) is 6. The fourth-order valence-corrected chi connectivity index (χ4v) is 7.56. The third kappa shape index (κ3) is 8.79. The molecule has 6 aromatic heterocycles. The zero-order valence-electron chi connectivity index (χ0n) is 31.9. The topological polar surface area (TPSA) is 109 Å². The standard InChI is InChI=1S/C25H19BrN4.C24H17BrN4/c1-16-4-2-6-22(28-16)25-24(19-9-12-21-18(15-19)5-3-13-27-21)29-23(30-25)14-17-7-10-20(26)11-8-17;25-19-9-6-16(7-10-19)14-22-28-23(24(29-22)21-5-1-2-12-27-21)18-8-11-20-17(15-18)4-3-13-26-20/h2-13,15H,14H2,1H3,(H,29,30);1-13,15H,14H2,(H,28,29). The summed E-state index contributed by atoms with van der Waals surface area (Å²) in [5.74, 6) is 1.83. The first kappa shape index (κ1) is 37.9. The average Bonchev–Trinajstić information content (AvgIpc) is 3.90. The Bertz CT molecular complexity index is 3030. The number of aromatic amines is 2. The highest BCUT2D eigenvalue weighted by Gasteiger charge is 2.18. The molecule has 2 N–H and O–H groups in total. The van der Waals surface area contributed by atoms with Gasteiger partial charge in [-0.05, 0) is 103 Å². The number of aromatic nitrogens is 8. The van der Waals surface area contributed by atoms with E-state index < -0.39 is 0 Å². The maximum Gasteiger partial charge on any atom is 0.111 e. The Labute approximate surface area is 358 Å². The van der Waals surface area contributed by atoms with Crippen molar-refractivity contribution < 1.29 is 0 Å². The van der Waals surface area contributed by atoms with Gasteiger partial charge in [0.05, 0.1) is 45.2 Å². The van der Waals surface area contributed by atoms with Crippen LogP contribution in [0.1, 0.15) is 28.5 Å². The number of fused-ring (bicyclic) bond motifs is 2. The van der Waals surface area contributed by atoms with E-state index >= 15 is 0 Å². The van der Waals surface area contributed by atoms with E-state index in [0.29, 0.717) is 0 Å². The van der Waals surface area contributed by atoms with Crippen molar-refractivity contribution in [1.82, 2.24) is 39.9 Å². The molecule has 0 unspecified atom stereocenters. The molecule has 0 aliphatic rings. The molecule has 4 aromatic carbocycles. The van der Waals surface area contributed by atoms with Crippen LogP contribution >= 0.6 is 31.9 Å². The summed E-state index contributed by atoms with van der Waals surface area (Å²) < 4.78 is 2.14. The highest BCUT2D eigenvalue weighted by Crippen LogP contribution is 2.33. The van der Waals surface area contributed by atoms with Crippen LogP contribution in [0.3, 0.4) is 0 Å². The van der Waals surface area contributed by atoms with Crippen LogP contribution in [0.2, 0.25) is 0 Å². The first-order chi connectivity index (χ1) is 28.9. The second-order valence-electron chi connectivity index (χ2n) is 14.1. The summed E-state index contributed by atoms with van der Waals surface area (Å²) in [5.41, 5.74) is 12.9. The number of imidazole rings is 2. The maximum absolute atomic E-state index is 4.98. The minimum Gasteiger partial charge on any atom is -0.340 e. The van der Waals surface area contributed by atoms with Crippen LogP contribution < -0.4 is 0 Å². The Morgan fingerprint density at radius 3 is 1.47 bits per heavy atom. The van der Waals surface area contributed by atoms with Gasteiger partial charge in [0.2, 0.25) is 0 Å². The fraction of sp³-hybridized carbons (Fsp3) is 0.0612. The molecule has 0 fully saturated rings. The van der Waals surface area contributed by atoms with E-state index in [9.17, 15) is 0 Å². The molecule has 0 amide bonds. The number of hydrogen-bond donors (Lipinski definition) is 2. The summed E-state index contributed by atoms with van der Waals surface area (Å²) in [4.78, 5) is 35.1. The second kappa shape index (κ2) is 17.1. The zero-order chi connectivity index (χ0) is 40.1. The van der Waals surface area contributed by atoms with Crippen LogP contribution in [0.5, 0.6) is 0 Å². The monoisotopic (exact) mass is 894 g/mol. The van der Waals surface area contributed by atoms with E-state index in [0.717, 1.165) is 106 Å². The van der Waals surface area contributed by atoms with Crippen LogP contribution in [0, 0.1) is 6.92 Å². The van der Waals surface area contributed by atoms with E-state index in [4.69, 9.17) is 15.0 Å². The lowest BCUT2D eigenvalue weighted by molar-refractivity contribution is 1.03. The predicted octanol–water partition coefficient (Wildman–Crippen LogP) is 12.4. The van der Waals surface area contributed by atoms with Crippen molar-refractivity contribution in [2.45, 2.75) is 19.8 Å². The minimum atomic E-state index is 0.723. The molecule has 10 aromatic rings. The molecular formula is C49H36Br2N8. The van der Waals surface area contributed by atoms with Gasteiger partial charge in [0.1, 0.15) is 11.6 Å². The lowest BCUT2D eigenvalue weighted by Gasteiger charge is -2.05. The summed E-state index contributed by atoms with van der Waals surface area (Å²) >= 11 is 6.99. The molecule has 0 saturated heterocycles. The molecule has 0 bridgehead atoms. The lowest BCUT2D eigenvalue weighted by Crippen LogP contribution is -1.91. The van der Waals surface area contributed by atoms with Gasteiger partial charge in [0.25, 0.3) is 0 Å². The van der Waals surface area contributed by atoms with E-state index in [2.05, 4.69) is 142 Å².